The molecule has 1 aromatic heterocycles. The Morgan fingerprint density at radius 3 is 2.58 bits per heavy atom. The largest absolute Gasteiger partial charge is 0.481 e. The number of benzene rings is 1. The summed E-state index contributed by atoms with van der Waals surface area (Å²) >= 11 is 12.0. The third-order valence-corrected chi connectivity index (χ3v) is 4.51. The first-order valence-electron chi connectivity index (χ1n) is 9.44. The molecule has 2 aromatic rings. The van der Waals surface area contributed by atoms with Crippen LogP contribution in [0, 0.1) is 0 Å². The smallest absolute Gasteiger partial charge is 0.305 e. The first-order chi connectivity index (χ1) is 14.9. The number of aliphatic carboxylic acids is 1. The summed E-state index contributed by atoms with van der Waals surface area (Å²) in [5, 5.41) is 15.7. The number of carbonyl (C=O) groups excluding carboxylic acids is 1. The second-order valence-electron chi connectivity index (χ2n) is 6.48. The summed E-state index contributed by atoms with van der Waals surface area (Å²) in [5.74, 6) is -0.868. The Morgan fingerprint density at radius 1 is 1.23 bits per heavy atom. The van der Waals surface area contributed by atoms with Gasteiger partial charge >= 0.3 is 5.97 Å². The molecule has 0 saturated heterocycles. The van der Waals surface area contributed by atoms with Crippen molar-refractivity contribution in [3.05, 3.63) is 70.0 Å². The summed E-state index contributed by atoms with van der Waals surface area (Å²) in [6, 6.07) is 9.37. The van der Waals surface area contributed by atoms with Crippen LogP contribution < -0.4 is 16.4 Å². The van der Waals surface area contributed by atoms with Crippen molar-refractivity contribution in [2.75, 3.05) is 18.4 Å². The fraction of sp³-hybridized carbons (Fsp3) is 0.238. The maximum atomic E-state index is 12.6. The Bertz CT molecular complexity index is 931. The number of amides is 1. The van der Waals surface area contributed by atoms with E-state index in [1.54, 1.807) is 18.3 Å². The lowest BCUT2D eigenvalue weighted by Crippen LogP contribution is -2.32. The number of carboxylic acid groups (broad SMARTS) is 1. The van der Waals surface area contributed by atoms with E-state index in [1.165, 1.54) is 12.3 Å². The lowest BCUT2D eigenvalue weighted by atomic mass is 10.0. The minimum absolute atomic E-state index is 0.112. The van der Waals surface area contributed by atoms with Gasteiger partial charge in [0.1, 0.15) is 5.82 Å². The van der Waals surface area contributed by atoms with E-state index in [1.807, 2.05) is 18.2 Å². The Morgan fingerprint density at radius 2 is 1.97 bits per heavy atom. The van der Waals surface area contributed by atoms with Crippen LogP contribution in [0.1, 0.15) is 24.4 Å². The van der Waals surface area contributed by atoms with Gasteiger partial charge in [-0.15, -0.1) is 0 Å². The summed E-state index contributed by atoms with van der Waals surface area (Å²) in [4.78, 5) is 32.2. The highest BCUT2D eigenvalue weighted by Gasteiger charge is 2.20. The van der Waals surface area contributed by atoms with Crippen molar-refractivity contribution in [2.45, 2.75) is 18.9 Å². The van der Waals surface area contributed by atoms with Crippen molar-refractivity contribution in [1.29, 1.82) is 0 Å². The summed E-state index contributed by atoms with van der Waals surface area (Å²) < 4.78 is 0. The summed E-state index contributed by atoms with van der Waals surface area (Å²) in [6.45, 7) is 1.13. The second-order valence-corrected chi connectivity index (χ2v) is 7.35. The second kappa shape index (κ2) is 12.6. The highest BCUT2D eigenvalue weighted by Crippen LogP contribution is 2.25. The maximum Gasteiger partial charge on any atom is 0.305 e. The zero-order valence-corrected chi connectivity index (χ0v) is 18.1. The van der Waals surface area contributed by atoms with Crippen LogP contribution >= 0.6 is 23.2 Å². The summed E-state index contributed by atoms with van der Waals surface area (Å²) in [7, 11) is 0. The third-order valence-electron chi connectivity index (χ3n) is 4.08. The van der Waals surface area contributed by atoms with E-state index in [0.29, 0.717) is 28.7 Å². The van der Waals surface area contributed by atoms with Crippen LogP contribution in [0.2, 0.25) is 10.0 Å². The van der Waals surface area contributed by atoms with E-state index in [0.717, 1.165) is 18.4 Å². The van der Waals surface area contributed by atoms with Gasteiger partial charge in [-0.3, -0.25) is 14.6 Å². The van der Waals surface area contributed by atoms with Crippen LogP contribution in [0.3, 0.4) is 0 Å². The molecule has 0 aliphatic heterocycles. The molecule has 2 rings (SSSR count). The van der Waals surface area contributed by atoms with Crippen molar-refractivity contribution >= 4 is 47.1 Å². The number of rotatable bonds is 11. The molecule has 0 aliphatic carbocycles. The molecule has 5 N–H and O–H groups in total. The van der Waals surface area contributed by atoms with Gasteiger partial charge in [-0.1, -0.05) is 29.3 Å². The standard InChI is InChI=1S/C21H23Cl2N5O3/c22-16-8-14(9-17(23)10-16)18(11-20(29)30)28-21(31)15(12-24)13-25-5-3-7-27-19-4-1-2-6-26-19/h1-2,4,6,8-10,12-13,18H,3,5,7,11,24H2,(H,26,27)(H,28,31)(H,29,30)/t18-/m0/s1. The predicted octanol–water partition coefficient (Wildman–Crippen LogP) is 3.44. The van der Waals surface area contributed by atoms with Crippen molar-refractivity contribution < 1.29 is 14.7 Å². The first-order valence-corrected chi connectivity index (χ1v) is 10.2. The topological polar surface area (TPSA) is 130 Å². The molecule has 0 aliphatic rings. The first kappa shape index (κ1) is 24.2. The van der Waals surface area contributed by atoms with Crippen LogP contribution in [-0.2, 0) is 9.59 Å². The molecule has 8 nitrogen and oxygen atoms in total. The number of carboxylic acids is 1. The van der Waals surface area contributed by atoms with Gasteiger partial charge in [0, 0.05) is 41.7 Å². The SMILES string of the molecule is NC=C(C=NCCCNc1ccccn1)C(=O)N[C@@H](CC(=O)O)c1cc(Cl)cc(Cl)c1. The number of aliphatic imine (C=N–C) groups is 1. The molecule has 31 heavy (non-hydrogen) atoms. The molecular formula is C21H23Cl2N5O3. The number of hydrogen-bond acceptors (Lipinski definition) is 6. The Labute approximate surface area is 190 Å². The normalized spacial score (nSPS) is 12.5. The number of aromatic nitrogens is 1. The quantitative estimate of drug-likeness (QED) is 0.229. The van der Waals surface area contributed by atoms with Crippen LogP contribution in [-0.4, -0.2) is 41.3 Å². The van der Waals surface area contributed by atoms with Gasteiger partial charge in [-0.25, -0.2) is 4.98 Å². The van der Waals surface area contributed by atoms with Gasteiger partial charge in [-0.05, 0) is 42.3 Å². The van der Waals surface area contributed by atoms with Crippen LogP contribution in [0.15, 0.2) is 59.4 Å². The number of carbonyl (C=O) groups is 2. The van der Waals surface area contributed by atoms with Crippen molar-refractivity contribution in [3.63, 3.8) is 0 Å². The van der Waals surface area contributed by atoms with Gasteiger partial charge < -0.3 is 21.5 Å². The monoisotopic (exact) mass is 463 g/mol. The molecule has 10 heteroatoms. The van der Waals surface area contributed by atoms with Crippen molar-refractivity contribution in [1.82, 2.24) is 10.3 Å². The van der Waals surface area contributed by atoms with E-state index in [2.05, 4.69) is 20.6 Å². The lowest BCUT2D eigenvalue weighted by Gasteiger charge is -2.18. The molecule has 0 fully saturated rings. The van der Waals surface area contributed by atoms with Gasteiger partial charge in [-0.2, -0.15) is 0 Å². The van der Waals surface area contributed by atoms with Crippen molar-refractivity contribution in [3.8, 4) is 0 Å². The van der Waals surface area contributed by atoms with E-state index >= 15 is 0 Å². The highest BCUT2D eigenvalue weighted by molar-refractivity contribution is 6.34. The average Bonchev–Trinajstić information content (AvgIpc) is 2.72. The Hall–Kier alpha value is -3.10. The number of anilines is 1. The number of nitrogens with zero attached hydrogens (tertiary/aromatic N) is 2. The lowest BCUT2D eigenvalue weighted by molar-refractivity contribution is -0.137. The van der Waals surface area contributed by atoms with E-state index in [4.69, 9.17) is 28.9 Å². The number of pyridine rings is 1. The molecule has 0 unspecified atom stereocenters. The van der Waals surface area contributed by atoms with E-state index < -0.39 is 17.9 Å². The fourth-order valence-electron chi connectivity index (χ4n) is 2.64. The molecule has 0 spiro atoms. The Balaban J connectivity index is 1.92. The van der Waals surface area contributed by atoms with Gasteiger partial charge in [0.15, 0.2) is 0 Å². The molecule has 1 aromatic carbocycles. The molecule has 164 valence electrons. The van der Waals surface area contributed by atoms with Gasteiger partial charge in [0.2, 0.25) is 0 Å². The molecular weight excluding hydrogens is 441 g/mol. The molecule has 1 amide bonds. The molecule has 0 bridgehead atoms. The highest BCUT2D eigenvalue weighted by atomic mass is 35.5. The molecule has 0 radical (unpaired) electrons. The van der Waals surface area contributed by atoms with Gasteiger partial charge in [0.05, 0.1) is 18.0 Å². The fourth-order valence-corrected chi connectivity index (χ4v) is 3.18. The minimum Gasteiger partial charge on any atom is -0.481 e. The Kier molecular flexibility index (Phi) is 9.80. The number of nitrogens with two attached hydrogens (primary N) is 1. The zero-order valence-electron chi connectivity index (χ0n) is 16.6. The number of halogens is 2. The molecule has 1 heterocycles. The molecule has 0 saturated carbocycles. The molecule has 1 atom stereocenters. The van der Waals surface area contributed by atoms with Crippen LogP contribution in [0.4, 0.5) is 5.82 Å². The number of hydrogen-bond donors (Lipinski definition) is 4. The van der Waals surface area contributed by atoms with Crippen molar-refractivity contribution in [2.24, 2.45) is 10.7 Å². The summed E-state index contributed by atoms with van der Waals surface area (Å²) in [5.41, 5.74) is 6.15. The number of nitrogens with one attached hydrogen (secondary N) is 2. The third kappa shape index (κ3) is 8.65. The zero-order chi connectivity index (χ0) is 22.6. The van der Waals surface area contributed by atoms with Crippen LogP contribution in [0.25, 0.3) is 0 Å². The van der Waals surface area contributed by atoms with Crippen LogP contribution in [0.5, 0.6) is 0 Å². The van der Waals surface area contributed by atoms with Gasteiger partial charge in [0.25, 0.3) is 5.91 Å². The minimum atomic E-state index is -1.09. The maximum absolute atomic E-state index is 12.6. The van der Waals surface area contributed by atoms with E-state index in [9.17, 15) is 14.7 Å². The predicted molar refractivity (Wildman–Crippen MR) is 123 cm³/mol. The van der Waals surface area contributed by atoms with E-state index in [-0.39, 0.29) is 12.0 Å². The summed E-state index contributed by atoms with van der Waals surface area (Å²) in [6.07, 6.45) is 4.55. The average molecular weight is 464 g/mol.